The van der Waals surface area contributed by atoms with Crippen molar-refractivity contribution >= 4 is 23.0 Å². The van der Waals surface area contributed by atoms with Gasteiger partial charge in [-0.1, -0.05) is 6.92 Å². The Morgan fingerprint density at radius 1 is 1.23 bits per heavy atom. The van der Waals surface area contributed by atoms with Crippen LogP contribution in [0.5, 0.6) is 0 Å². The molecule has 7 heteroatoms. The average Bonchev–Trinajstić information content (AvgIpc) is 2.90. The zero-order valence-corrected chi connectivity index (χ0v) is 16.4. The molecular formula is C19H29N5O2. The fraction of sp³-hybridized carbons (Fsp3) is 0.579. The summed E-state index contributed by atoms with van der Waals surface area (Å²) in [5.74, 6) is 0. The fourth-order valence-corrected chi connectivity index (χ4v) is 3.27. The third-order valence-electron chi connectivity index (χ3n) is 4.64. The quantitative estimate of drug-likeness (QED) is 0.892. The van der Waals surface area contributed by atoms with Crippen molar-refractivity contribution in [2.45, 2.75) is 46.6 Å². The average molecular weight is 359 g/mol. The number of piperazine rings is 1. The van der Waals surface area contributed by atoms with Gasteiger partial charge in [-0.25, -0.2) is 9.31 Å². The van der Waals surface area contributed by atoms with Crippen LogP contribution >= 0.6 is 0 Å². The largest absolute Gasteiger partial charge is 0.444 e. The Bertz CT molecular complexity index is 813. The van der Waals surface area contributed by atoms with E-state index in [1.165, 1.54) is 0 Å². The van der Waals surface area contributed by atoms with Gasteiger partial charge in [-0.05, 0) is 46.2 Å². The second-order valence-corrected chi connectivity index (χ2v) is 7.82. The smallest absolute Gasteiger partial charge is 0.410 e. The lowest BCUT2D eigenvalue weighted by atomic mass is 10.2. The minimum atomic E-state index is -0.465. The lowest BCUT2D eigenvalue weighted by Crippen LogP contribution is -2.50. The number of aryl methyl sites for hydroxylation is 2. The Hall–Kier alpha value is -2.44. The molecule has 3 rings (SSSR count). The first kappa shape index (κ1) is 18.4. The monoisotopic (exact) mass is 359 g/mol. The van der Waals surface area contributed by atoms with Crippen molar-refractivity contribution in [3.63, 3.8) is 0 Å². The SMILES string of the molecule is CCc1nn2c(C)cc(N3CCN(C(=O)OC(C)(C)C)CC3)cc2c1N. The van der Waals surface area contributed by atoms with E-state index in [0.29, 0.717) is 13.1 Å². The third kappa shape index (κ3) is 3.57. The summed E-state index contributed by atoms with van der Waals surface area (Å²) in [5.41, 5.74) is 10.6. The number of carbonyl (C=O) groups excluding carboxylic acids is 1. The minimum absolute atomic E-state index is 0.239. The summed E-state index contributed by atoms with van der Waals surface area (Å²) < 4.78 is 7.38. The highest BCUT2D eigenvalue weighted by molar-refractivity contribution is 5.76. The Kier molecular flexibility index (Phi) is 4.73. The Balaban J connectivity index is 1.75. The van der Waals surface area contributed by atoms with Gasteiger partial charge in [-0.3, -0.25) is 0 Å². The molecule has 2 aromatic rings. The normalized spacial score (nSPS) is 15.6. The molecule has 2 N–H and O–H groups in total. The number of nitrogens with two attached hydrogens (primary N) is 1. The zero-order valence-electron chi connectivity index (χ0n) is 16.4. The number of amides is 1. The van der Waals surface area contributed by atoms with Gasteiger partial charge in [0.25, 0.3) is 0 Å². The molecule has 0 aromatic carbocycles. The number of pyridine rings is 1. The van der Waals surface area contributed by atoms with E-state index in [1.807, 2.05) is 32.2 Å². The molecule has 1 amide bonds. The van der Waals surface area contributed by atoms with E-state index in [-0.39, 0.29) is 6.09 Å². The predicted molar refractivity (Wildman–Crippen MR) is 104 cm³/mol. The Morgan fingerprint density at radius 2 is 1.88 bits per heavy atom. The highest BCUT2D eigenvalue weighted by atomic mass is 16.6. The van der Waals surface area contributed by atoms with Crippen molar-refractivity contribution in [3.8, 4) is 0 Å². The number of nitrogens with zero attached hydrogens (tertiary/aromatic N) is 4. The summed E-state index contributed by atoms with van der Waals surface area (Å²) in [7, 11) is 0. The number of nitrogen functional groups attached to an aromatic ring is 1. The summed E-state index contributed by atoms with van der Waals surface area (Å²) in [6.45, 7) is 12.6. The van der Waals surface area contributed by atoms with Gasteiger partial charge in [0.1, 0.15) is 5.60 Å². The topological polar surface area (TPSA) is 76.1 Å². The van der Waals surface area contributed by atoms with Gasteiger partial charge in [-0.15, -0.1) is 0 Å². The van der Waals surface area contributed by atoms with E-state index < -0.39 is 5.60 Å². The van der Waals surface area contributed by atoms with Gasteiger partial charge in [0.05, 0.1) is 16.9 Å². The molecule has 0 spiro atoms. The fourth-order valence-electron chi connectivity index (χ4n) is 3.27. The van der Waals surface area contributed by atoms with Gasteiger partial charge in [0, 0.05) is 37.6 Å². The van der Waals surface area contributed by atoms with Crippen LogP contribution in [0.4, 0.5) is 16.2 Å². The molecular weight excluding hydrogens is 330 g/mol. The number of fused-ring (bicyclic) bond motifs is 1. The number of ether oxygens (including phenoxy) is 1. The standard InChI is InChI=1S/C19H29N5O2/c1-6-15-17(20)16-12-14(11-13(2)24(16)21-15)22-7-9-23(10-8-22)18(25)26-19(3,4)5/h11-12H,6-10,20H2,1-5H3. The number of hydrogen-bond donors (Lipinski definition) is 1. The Labute approximate surface area is 154 Å². The molecule has 1 saturated heterocycles. The highest BCUT2D eigenvalue weighted by Gasteiger charge is 2.26. The maximum atomic E-state index is 12.2. The molecule has 0 saturated carbocycles. The molecule has 0 unspecified atom stereocenters. The molecule has 26 heavy (non-hydrogen) atoms. The van der Waals surface area contributed by atoms with Crippen molar-refractivity contribution in [3.05, 3.63) is 23.5 Å². The van der Waals surface area contributed by atoms with Crippen LogP contribution in [0.2, 0.25) is 0 Å². The molecule has 0 radical (unpaired) electrons. The summed E-state index contributed by atoms with van der Waals surface area (Å²) in [6.07, 6.45) is 0.577. The van der Waals surface area contributed by atoms with E-state index in [2.05, 4.69) is 29.1 Å². The van der Waals surface area contributed by atoms with E-state index >= 15 is 0 Å². The molecule has 1 aliphatic rings. The number of rotatable bonds is 2. The van der Waals surface area contributed by atoms with Crippen LogP contribution in [0, 0.1) is 6.92 Å². The van der Waals surface area contributed by atoms with Gasteiger partial charge in [-0.2, -0.15) is 5.10 Å². The lowest BCUT2D eigenvalue weighted by molar-refractivity contribution is 0.0240. The van der Waals surface area contributed by atoms with Crippen LogP contribution < -0.4 is 10.6 Å². The molecule has 142 valence electrons. The van der Waals surface area contributed by atoms with E-state index in [0.717, 1.165) is 47.8 Å². The van der Waals surface area contributed by atoms with Gasteiger partial charge < -0.3 is 20.3 Å². The van der Waals surface area contributed by atoms with Crippen LogP contribution in [-0.2, 0) is 11.2 Å². The molecule has 2 aromatic heterocycles. The number of carbonyl (C=O) groups is 1. The number of aromatic nitrogens is 2. The predicted octanol–water partition coefficient (Wildman–Crippen LogP) is 2.84. The number of hydrogen-bond acceptors (Lipinski definition) is 5. The highest BCUT2D eigenvalue weighted by Crippen LogP contribution is 2.27. The van der Waals surface area contributed by atoms with E-state index in [1.54, 1.807) is 4.90 Å². The van der Waals surface area contributed by atoms with Crippen LogP contribution in [0.3, 0.4) is 0 Å². The van der Waals surface area contributed by atoms with Crippen molar-refractivity contribution in [1.29, 1.82) is 0 Å². The summed E-state index contributed by atoms with van der Waals surface area (Å²) in [4.78, 5) is 16.3. The minimum Gasteiger partial charge on any atom is -0.444 e. The van der Waals surface area contributed by atoms with Crippen molar-refractivity contribution in [2.75, 3.05) is 36.8 Å². The molecule has 0 aliphatic carbocycles. The van der Waals surface area contributed by atoms with Crippen molar-refractivity contribution in [1.82, 2.24) is 14.5 Å². The zero-order chi connectivity index (χ0) is 19.1. The summed E-state index contributed by atoms with van der Waals surface area (Å²) >= 11 is 0. The lowest BCUT2D eigenvalue weighted by Gasteiger charge is -2.36. The van der Waals surface area contributed by atoms with Gasteiger partial charge >= 0.3 is 6.09 Å². The summed E-state index contributed by atoms with van der Waals surface area (Å²) in [5, 5.41) is 4.59. The first-order valence-electron chi connectivity index (χ1n) is 9.20. The molecule has 0 bridgehead atoms. The van der Waals surface area contributed by atoms with Crippen molar-refractivity contribution < 1.29 is 9.53 Å². The summed E-state index contributed by atoms with van der Waals surface area (Å²) in [6, 6.07) is 4.22. The van der Waals surface area contributed by atoms with Crippen molar-refractivity contribution in [2.24, 2.45) is 0 Å². The van der Waals surface area contributed by atoms with Gasteiger partial charge in [0.15, 0.2) is 0 Å². The molecule has 0 atom stereocenters. The van der Waals surface area contributed by atoms with E-state index in [9.17, 15) is 4.79 Å². The second kappa shape index (κ2) is 6.70. The first-order chi connectivity index (χ1) is 12.2. The van der Waals surface area contributed by atoms with Crippen LogP contribution in [-0.4, -0.2) is 52.4 Å². The van der Waals surface area contributed by atoms with Crippen LogP contribution in [0.15, 0.2) is 12.1 Å². The molecule has 1 aliphatic heterocycles. The second-order valence-electron chi connectivity index (χ2n) is 7.82. The van der Waals surface area contributed by atoms with E-state index in [4.69, 9.17) is 10.5 Å². The maximum absolute atomic E-state index is 12.2. The van der Waals surface area contributed by atoms with Crippen LogP contribution in [0.1, 0.15) is 39.1 Å². The molecule has 7 nitrogen and oxygen atoms in total. The van der Waals surface area contributed by atoms with Crippen LogP contribution in [0.25, 0.3) is 5.52 Å². The van der Waals surface area contributed by atoms with Gasteiger partial charge in [0.2, 0.25) is 0 Å². The Morgan fingerprint density at radius 3 is 2.46 bits per heavy atom. The molecule has 3 heterocycles. The number of anilines is 2. The third-order valence-corrected chi connectivity index (χ3v) is 4.64. The maximum Gasteiger partial charge on any atom is 0.410 e. The first-order valence-corrected chi connectivity index (χ1v) is 9.20. The molecule has 1 fully saturated rings.